The Morgan fingerprint density at radius 3 is 3.00 bits per heavy atom. The third-order valence-corrected chi connectivity index (χ3v) is 3.43. The van der Waals surface area contributed by atoms with Crippen LogP contribution in [0.15, 0.2) is 30.1 Å². The third-order valence-electron chi connectivity index (χ3n) is 3.43. The summed E-state index contributed by atoms with van der Waals surface area (Å²) in [7, 11) is 0. The van der Waals surface area contributed by atoms with Gasteiger partial charge in [-0.2, -0.15) is 0 Å². The molecule has 0 radical (unpaired) electrons. The summed E-state index contributed by atoms with van der Waals surface area (Å²) in [5, 5.41) is 0. The van der Waals surface area contributed by atoms with E-state index in [1.54, 1.807) is 0 Å². The molecule has 100 valence electrons. The van der Waals surface area contributed by atoms with Crippen molar-refractivity contribution in [2.24, 2.45) is 0 Å². The number of rotatable bonds is 2. The van der Waals surface area contributed by atoms with E-state index in [1.807, 2.05) is 25.1 Å². The summed E-state index contributed by atoms with van der Waals surface area (Å²) in [4.78, 5) is 13.3. The minimum Gasteiger partial charge on any atom is -0.454 e. The Labute approximate surface area is 110 Å². The van der Waals surface area contributed by atoms with Crippen molar-refractivity contribution in [3.05, 3.63) is 35.7 Å². The predicted octanol–water partition coefficient (Wildman–Crippen LogP) is 2.39. The summed E-state index contributed by atoms with van der Waals surface area (Å²) in [5.74, 6) is 0.161. The van der Waals surface area contributed by atoms with Crippen LogP contribution >= 0.6 is 0 Å². The van der Waals surface area contributed by atoms with Gasteiger partial charge in [0, 0.05) is 12.6 Å². The van der Waals surface area contributed by atoms with Crippen molar-refractivity contribution >= 4 is 5.91 Å². The van der Waals surface area contributed by atoms with Gasteiger partial charge in [-0.05, 0) is 37.1 Å². The highest BCUT2D eigenvalue weighted by Crippen LogP contribution is 2.33. The van der Waals surface area contributed by atoms with Crippen LogP contribution in [0.2, 0.25) is 0 Å². The van der Waals surface area contributed by atoms with Crippen LogP contribution in [0.1, 0.15) is 18.9 Å². The summed E-state index contributed by atoms with van der Waals surface area (Å²) in [6.07, 6.45) is 1.89. The number of hydrogen-bond donors (Lipinski definition) is 0. The molecule has 1 aromatic carbocycles. The van der Waals surface area contributed by atoms with Gasteiger partial charge < -0.3 is 14.4 Å². The Morgan fingerprint density at radius 2 is 2.16 bits per heavy atom. The van der Waals surface area contributed by atoms with E-state index in [-0.39, 0.29) is 12.8 Å². The summed E-state index contributed by atoms with van der Waals surface area (Å²) in [6.45, 7) is 2.50. The molecule has 0 aliphatic carbocycles. The monoisotopic (exact) mass is 263 g/mol. The van der Waals surface area contributed by atoms with E-state index < -0.39 is 11.7 Å². The lowest BCUT2D eigenvalue weighted by Gasteiger charge is -2.31. The summed E-state index contributed by atoms with van der Waals surface area (Å²) >= 11 is 0. The Bertz CT molecular complexity index is 556. The molecule has 0 aromatic heterocycles. The number of carbonyl (C=O) groups excluding carboxylic acids is 1. The number of nitrogens with zero attached hydrogens (tertiary/aromatic N) is 1. The smallest absolute Gasteiger partial charge is 0.282 e. The Morgan fingerprint density at radius 1 is 1.37 bits per heavy atom. The van der Waals surface area contributed by atoms with Crippen LogP contribution in [0.4, 0.5) is 4.39 Å². The molecule has 3 rings (SSSR count). The van der Waals surface area contributed by atoms with Gasteiger partial charge in [0.15, 0.2) is 17.3 Å². The maximum absolute atomic E-state index is 13.3. The Balaban J connectivity index is 1.81. The molecule has 2 aliphatic heterocycles. The molecular weight excluding hydrogens is 249 g/mol. The van der Waals surface area contributed by atoms with Crippen molar-refractivity contribution in [1.82, 2.24) is 4.90 Å². The fourth-order valence-corrected chi connectivity index (χ4v) is 2.29. The highest BCUT2D eigenvalue weighted by Gasteiger charge is 2.27. The maximum Gasteiger partial charge on any atom is 0.282 e. The van der Waals surface area contributed by atoms with Gasteiger partial charge in [0.2, 0.25) is 6.79 Å². The zero-order valence-electron chi connectivity index (χ0n) is 10.6. The van der Waals surface area contributed by atoms with Crippen molar-refractivity contribution in [2.75, 3.05) is 6.79 Å². The summed E-state index contributed by atoms with van der Waals surface area (Å²) in [5.41, 5.74) is 0.902. The maximum atomic E-state index is 13.3. The van der Waals surface area contributed by atoms with Crippen molar-refractivity contribution in [3.8, 4) is 11.5 Å². The van der Waals surface area contributed by atoms with Crippen molar-refractivity contribution in [3.63, 3.8) is 0 Å². The lowest BCUT2D eigenvalue weighted by molar-refractivity contribution is -0.132. The molecule has 4 nitrogen and oxygen atoms in total. The molecule has 1 atom stereocenters. The van der Waals surface area contributed by atoms with Crippen LogP contribution < -0.4 is 9.47 Å². The lowest BCUT2D eigenvalue weighted by Crippen LogP contribution is -2.40. The number of carbonyl (C=O) groups is 1. The van der Waals surface area contributed by atoms with Crippen LogP contribution in [-0.2, 0) is 11.3 Å². The fraction of sp³-hybridized carbons (Fsp3) is 0.357. The third kappa shape index (κ3) is 2.16. The average molecular weight is 263 g/mol. The minimum atomic E-state index is -0.668. The second kappa shape index (κ2) is 4.57. The Kier molecular flexibility index (Phi) is 2.89. The van der Waals surface area contributed by atoms with Crippen LogP contribution in [0.3, 0.4) is 0 Å². The van der Waals surface area contributed by atoms with Gasteiger partial charge in [-0.15, -0.1) is 0 Å². The molecule has 0 saturated heterocycles. The number of ether oxygens (including phenoxy) is 2. The van der Waals surface area contributed by atoms with Crippen LogP contribution in [-0.4, -0.2) is 23.6 Å². The molecule has 1 aromatic rings. The Hall–Kier alpha value is -2.04. The SMILES string of the molecule is CC1CC=C(F)C(=O)N1Cc1ccc2c(c1)OCO2. The van der Waals surface area contributed by atoms with E-state index in [9.17, 15) is 9.18 Å². The topological polar surface area (TPSA) is 38.8 Å². The number of halogens is 1. The van der Waals surface area contributed by atoms with Gasteiger partial charge in [0.25, 0.3) is 5.91 Å². The van der Waals surface area contributed by atoms with Gasteiger partial charge in [0.05, 0.1) is 0 Å². The average Bonchev–Trinajstić information content (AvgIpc) is 2.86. The molecule has 0 bridgehead atoms. The first-order chi connectivity index (χ1) is 9.15. The van der Waals surface area contributed by atoms with Crippen molar-refractivity contribution < 1.29 is 18.7 Å². The standard InChI is InChI=1S/C14H14FNO3/c1-9-2-4-11(15)14(17)16(9)7-10-3-5-12-13(6-10)19-8-18-12/h3-6,9H,2,7-8H2,1H3. The van der Waals surface area contributed by atoms with E-state index >= 15 is 0 Å². The van der Waals surface area contributed by atoms with Gasteiger partial charge >= 0.3 is 0 Å². The number of hydrogen-bond acceptors (Lipinski definition) is 3. The molecule has 1 unspecified atom stereocenters. The van der Waals surface area contributed by atoms with Crippen LogP contribution in [0.5, 0.6) is 11.5 Å². The molecule has 1 amide bonds. The van der Waals surface area contributed by atoms with E-state index in [0.29, 0.717) is 24.5 Å². The van der Waals surface area contributed by atoms with Gasteiger partial charge in [-0.3, -0.25) is 4.79 Å². The molecule has 19 heavy (non-hydrogen) atoms. The zero-order chi connectivity index (χ0) is 13.4. The van der Waals surface area contributed by atoms with E-state index in [2.05, 4.69) is 0 Å². The second-order valence-corrected chi connectivity index (χ2v) is 4.76. The quantitative estimate of drug-likeness (QED) is 0.822. The number of benzene rings is 1. The van der Waals surface area contributed by atoms with Crippen LogP contribution in [0, 0.1) is 0 Å². The van der Waals surface area contributed by atoms with Crippen molar-refractivity contribution in [1.29, 1.82) is 0 Å². The largest absolute Gasteiger partial charge is 0.454 e. The molecule has 5 heteroatoms. The molecule has 0 fully saturated rings. The molecule has 2 heterocycles. The van der Waals surface area contributed by atoms with Crippen LogP contribution in [0.25, 0.3) is 0 Å². The van der Waals surface area contributed by atoms with E-state index in [0.717, 1.165) is 5.56 Å². The highest BCUT2D eigenvalue weighted by atomic mass is 19.1. The minimum absolute atomic E-state index is 0.00239. The molecular formula is C14H14FNO3. The van der Waals surface area contributed by atoms with Gasteiger partial charge in [0.1, 0.15) is 0 Å². The van der Waals surface area contributed by atoms with Gasteiger partial charge in [-0.1, -0.05) is 6.07 Å². The summed E-state index contributed by atoms with van der Waals surface area (Å²) < 4.78 is 23.9. The number of fused-ring (bicyclic) bond motifs is 1. The van der Waals surface area contributed by atoms with Crippen molar-refractivity contribution in [2.45, 2.75) is 25.9 Å². The number of amides is 1. The first kappa shape index (κ1) is 12.0. The normalized spacial score (nSPS) is 21.6. The first-order valence-corrected chi connectivity index (χ1v) is 6.20. The first-order valence-electron chi connectivity index (χ1n) is 6.20. The zero-order valence-corrected chi connectivity index (χ0v) is 10.6. The van der Waals surface area contributed by atoms with E-state index in [4.69, 9.17) is 9.47 Å². The lowest BCUT2D eigenvalue weighted by atomic mass is 10.1. The molecule has 0 saturated carbocycles. The van der Waals surface area contributed by atoms with Gasteiger partial charge in [-0.25, -0.2) is 4.39 Å². The molecule has 2 aliphatic rings. The highest BCUT2D eigenvalue weighted by molar-refractivity contribution is 5.92. The predicted molar refractivity (Wildman–Crippen MR) is 66.4 cm³/mol. The second-order valence-electron chi connectivity index (χ2n) is 4.76. The molecule has 0 spiro atoms. The van der Waals surface area contributed by atoms with E-state index in [1.165, 1.54) is 11.0 Å². The molecule has 0 N–H and O–H groups in total. The fourth-order valence-electron chi connectivity index (χ4n) is 2.29. The summed E-state index contributed by atoms with van der Waals surface area (Å²) in [6, 6.07) is 5.50.